The molecule has 0 radical (unpaired) electrons. The van der Waals surface area contributed by atoms with Crippen LogP contribution in [0.15, 0.2) is 65.6 Å². The Labute approximate surface area is 231 Å². The highest BCUT2D eigenvalue weighted by Crippen LogP contribution is 2.19. The van der Waals surface area contributed by atoms with Crippen LogP contribution in [0.1, 0.15) is 54.4 Å². The number of unbranched alkanes of at least 4 members (excludes halogenated alkanes) is 3. The van der Waals surface area contributed by atoms with E-state index < -0.39 is 11.9 Å². The number of carbonyl (C=O) groups excluding carboxylic acids is 2. The number of benzene rings is 2. The van der Waals surface area contributed by atoms with Gasteiger partial charge in [-0.05, 0) is 49.7 Å². The van der Waals surface area contributed by atoms with Crippen LogP contribution in [-0.2, 0) is 19.0 Å². The maximum atomic E-state index is 12.1. The lowest BCUT2D eigenvalue weighted by Gasteiger charge is -2.05. The topological polar surface area (TPSA) is 110 Å². The van der Waals surface area contributed by atoms with E-state index in [2.05, 4.69) is 33.2 Å². The molecule has 0 saturated carbocycles. The van der Waals surface area contributed by atoms with Crippen molar-refractivity contribution in [3.05, 3.63) is 78.2 Å². The van der Waals surface area contributed by atoms with E-state index in [9.17, 15) is 9.59 Å². The first-order chi connectivity index (χ1) is 18.8. The zero-order valence-electron chi connectivity index (χ0n) is 23.6. The average Bonchev–Trinajstić information content (AvgIpc) is 3.39. The molecule has 0 bridgehead atoms. The lowest BCUT2D eigenvalue weighted by atomic mass is 10.1. The fraction of sp³-hybridized carbons (Fsp3) is 0.400. The summed E-state index contributed by atoms with van der Waals surface area (Å²) >= 11 is 0. The molecule has 0 unspecified atom stereocenters. The summed E-state index contributed by atoms with van der Waals surface area (Å²) in [6, 6.07) is 14.2. The first kappa shape index (κ1) is 33.2. The van der Waals surface area contributed by atoms with Gasteiger partial charge >= 0.3 is 11.9 Å². The highest BCUT2D eigenvalue weighted by Gasteiger charge is 2.11. The molecule has 212 valence electrons. The van der Waals surface area contributed by atoms with Crippen LogP contribution in [0.5, 0.6) is 5.75 Å². The van der Waals surface area contributed by atoms with Crippen molar-refractivity contribution < 1.29 is 33.0 Å². The van der Waals surface area contributed by atoms with E-state index in [4.69, 9.17) is 13.9 Å². The van der Waals surface area contributed by atoms with Crippen molar-refractivity contribution in [1.82, 2.24) is 10.2 Å². The fourth-order valence-electron chi connectivity index (χ4n) is 2.89. The number of aryl methyl sites for hydroxylation is 2. The number of nitrogens with zero attached hydrogens (tertiary/aromatic N) is 2. The summed E-state index contributed by atoms with van der Waals surface area (Å²) in [4.78, 5) is 22.4. The maximum absolute atomic E-state index is 12.1. The van der Waals surface area contributed by atoms with Crippen LogP contribution < -0.4 is 4.74 Å². The van der Waals surface area contributed by atoms with E-state index in [1.807, 2.05) is 19.1 Å². The number of carbonyl (C=O) groups is 2. The Hall–Kier alpha value is -3.82. The predicted molar refractivity (Wildman–Crippen MR) is 150 cm³/mol. The number of esters is 2. The van der Waals surface area contributed by atoms with E-state index >= 15 is 0 Å². The van der Waals surface area contributed by atoms with E-state index in [-0.39, 0.29) is 0 Å². The van der Waals surface area contributed by atoms with Crippen LogP contribution in [0, 0.1) is 13.8 Å². The molecule has 3 aromatic rings. The molecule has 39 heavy (non-hydrogen) atoms. The molecule has 0 atom stereocenters. The molecule has 0 aliphatic heterocycles. The molecule has 0 fully saturated rings. The van der Waals surface area contributed by atoms with Gasteiger partial charge in [0.05, 0.1) is 12.2 Å². The Morgan fingerprint density at radius 1 is 0.872 bits per heavy atom. The number of aromatic nitrogens is 2. The number of rotatable bonds is 12. The highest BCUT2D eigenvalue weighted by molar-refractivity contribution is 5.91. The average molecular weight is 541 g/mol. The molecule has 0 aliphatic rings. The van der Waals surface area contributed by atoms with Crippen molar-refractivity contribution in [3.63, 3.8) is 0 Å². The Bertz CT molecular complexity index is 1090. The normalized spacial score (nSPS) is 9.87. The van der Waals surface area contributed by atoms with Gasteiger partial charge in [0.25, 0.3) is 0 Å². The molecule has 0 amide bonds. The number of methoxy groups -OCH3 is 2. The first-order valence-electron chi connectivity index (χ1n) is 12.8. The second kappa shape index (κ2) is 20.2. The quantitative estimate of drug-likeness (QED) is 0.116. The van der Waals surface area contributed by atoms with E-state index in [1.54, 1.807) is 57.5 Å². The summed E-state index contributed by atoms with van der Waals surface area (Å²) < 4.78 is 24.7. The summed E-state index contributed by atoms with van der Waals surface area (Å²) in [6.07, 6.45) is 6.33. The molecule has 0 aliphatic carbocycles. The molecule has 9 heteroatoms. The standard InChI is InChI=1S/C17H14N2O3.C7H16O.C6H10O3/c1-11-3-9-15(10-4-11)22-17(20)14-7-5-13(6-8-14)16-19-18-12(2)21-16;1-3-4-5-6-7-8-2;1-3-6(7)9-5-4-8-2/h3-10H,1-2H3;3-7H2,1-2H3;3H,1,4-5H2,2H3. The maximum Gasteiger partial charge on any atom is 0.343 e. The van der Waals surface area contributed by atoms with Crippen LogP contribution in [0.4, 0.5) is 0 Å². The highest BCUT2D eigenvalue weighted by atomic mass is 16.6. The smallest absolute Gasteiger partial charge is 0.343 e. The molecule has 0 N–H and O–H groups in total. The van der Waals surface area contributed by atoms with Crippen molar-refractivity contribution >= 4 is 11.9 Å². The molecule has 2 aromatic carbocycles. The van der Waals surface area contributed by atoms with Crippen LogP contribution in [-0.4, -0.2) is 56.2 Å². The summed E-state index contributed by atoms with van der Waals surface area (Å²) in [5.41, 5.74) is 2.33. The SMILES string of the molecule is C=CC(=O)OCCOC.CCCCCCOC.Cc1ccc(OC(=O)c2ccc(-c3nnc(C)o3)cc2)cc1. The Morgan fingerprint density at radius 2 is 1.54 bits per heavy atom. The molecule has 0 saturated heterocycles. The molecule has 3 rings (SSSR count). The van der Waals surface area contributed by atoms with Crippen molar-refractivity contribution in [2.75, 3.05) is 34.0 Å². The second-order valence-corrected chi connectivity index (χ2v) is 8.32. The van der Waals surface area contributed by atoms with Crippen LogP contribution >= 0.6 is 0 Å². The van der Waals surface area contributed by atoms with Crippen LogP contribution in [0.2, 0.25) is 0 Å². The van der Waals surface area contributed by atoms with E-state index in [1.165, 1.54) is 25.7 Å². The van der Waals surface area contributed by atoms with Gasteiger partial charge in [-0.1, -0.05) is 50.5 Å². The van der Waals surface area contributed by atoms with Crippen molar-refractivity contribution in [3.8, 4) is 17.2 Å². The fourth-order valence-corrected chi connectivity index (χ4v) is 2.89. The lowest BCUT2D eigenvalue weighted by molar-refractivity contribution is -0.138. The van der Waals surface area contributed by atoms with Gasteiger partial charge in [-0.15, -0.1) is 10.2 Å². The van der Waals surface area contributed by atoms with Crippen LogP contribution in [0.25, 0.3) is 11.5 Å². The summed E-state index contributed by atoms with van der Waals surface area (Å²) in [7, 11) is 3.30. The molecular weight excluding hydrogens is 500 g/mol. The molecule has 9 nitrogen and oxygen atoms in total. The third-order valence-electron chi connectivity index (χ3n) is 5.03. The molecule has 1 aromatic heterocycles. The lowest BCUT2D eigenvalue weighted by Crippen LogP contribution is -2.08. The van der Waals surface area contributed by atoms with E-state index in [0.717, 1.165) is 23.8 Å². The van der Waals surface area contributed by atoms with Gasteiger partial charge in [0.1, 0.15) is 12.4 Å². The number of hydrogen-bond acceptors (Lipinski definition) is 9. The summed E-state index contributed by atoms with van der Waals surface area (Å²) in [5.74, 6) is 0.630. The van der Waals surface area contributed by atoms with Gasteiger partial charge in [-0.2, -0.15) is 0 Å². The van der Waals surface area contributed by atoms with Crippen molar-refractivity contribution in [1.29, 1.82) is 0 Å². The van der Waals surface area contributed by atoms with Crippen LogP contribution in [0.3, 0.4) is 0 Å². The Morgan fingerprint density at radius 3 is 2.08 bits per heavy atom. The van der Waals surface area contributed by atoms with Gasteiger partial charge in [0, 0.05) is 39.4 Å². The van der Waals surface area contributed by atoms with Gasteiger partial charge < -0.3 is 23.4 Å². The minimum absolute atomic E-state index is 0.293. The Kier molecular flexibility index (Phi) is 17.2. The van der Waals surface area contributed by atoms with Gasteiger partial charge in [0.2, 0.25) is 11.8 Å². The van der Waals surface area contributed by atoms with Crippen molar-refractivity contribution in [2.24, 2.45) is 0 Å². The zero-order chi connectivity index (χ0) is 28.9. The third kappa shape index (κ3) is 14.6. The largest absolute Gasteiger partial charge is 0.460 e. The molecule has 0 spiro atoms. The predicted octanol–water partition coefficient (Wildman–Crippen LogP) is 6.15. The van der Waals surface area contributed by atoms with Gasteiger partial charge in [-0.25, -0.2) is 9.59 Å². The summed E-state index contributed by atoms with van der Waals surface area (Å²) in [5, 5.41) is 7.71. The van der Waals surface area contributed by atoms with Gasteiger partial charge in [0.15, 0.2) is 0 Å². The minimum atomic E-state index is -0.410. The molecular formula is C30H40N2O7. The minimum Gasteiger partial charge on any atom is -0.460 e. The Balaban J connectivity index is 0.000000371. The van der Waals surface area contributed by atoms with E-state index in [0.29, 0.717) is 36.3 Å². The number of hydrogen-bond donors (Lipinski definition) is 0. The number of ether oxygens (including phenoxy) is 4. The van der Waals surface area contributed by atoms with Gasteiger partial charge in [-0.3, -0.25) is 0 Å². The second-order valence-electron chi connectivity index (χ2n) is 8.32. The first-order valence-corrected chi connectivity index (χ1v) is 12.8. The zero-order valence-corrected chi connectivity index (χ0v) is 23.6. The van der Waals surface area contributed by atoms with Crippen molar-refractivity contribution in [2.45, 2.75) is 46.5 Å². The monoisotopic (exact) mass is 540 g/mol. The molecule has 1 heterocycles. The summed E-state index contributed by atoms with van der Waals surface area (Å²) in [6.45, 7) is 10.8. The third-order valence-corrected chi connectivity index (χ3v) is 5.03.